The zero-order valence-corrected chi connectivity index (χ0v) is 54.3. The number of carbonyl (C=O) groups excluding carboxylic acids is 3. The molecule has 1 atom stereocenters. The minimum Gasteiger partial charge on any atom is -0.462 e. The van der Waals surface area contributed by atoms with Crippen LogP contribution in [0, 0.1) is 0 Å². The summed E-state index contributed by atoms with van der Waals surface area (Å²) in [6.45, 7) is 6.55. The smallest absolute Gasteiger partial charge is 0.306 e. The minimum atomic E-state index is -0.770. The first-order chi connectivity index (χ1) is 40.0. The number of unbranched alkanes of at least 4 members (excludes halogenated alkanes) is 45. The Bertz CT molecular complexity index is 1440. The maximum absolute atomic E-state index is 12.9. The van der Waals surface area contributed by atoms with Crippen LogP contribution in [0.25, 0.3) is 0 Å². The van der Waals surface area contributed by atoms with Crippen LogP contribution in [-0.2, 0) is 28.6 Å². The second-order valence-electron chi connectivity index (χ2n) is 24.1. The fraction of sp³-hybridized carbons (Fsp3) is 0.827. The Labute approximate surface area is 504 Å². The van der Waals surface area contributed by atoms with Gasteiger partial charge in [0.2, 0.25) is 0 Å². The van der Waals surface area contributed by atoms with Crippen molar-refractivity contribution in [3.63, 3.8) is 0 Å². The average molecular weight is 1130 g/mol. The molecule has 472 valence electrons. The van der Waals surface area contributed by atoms with Crippen molar-refractivity contribution in [2.45, 2.75) is 386 Å². The third-order valence-corrected chi connectivity index (χ3v) is 16.0. The molecule has 0 aliphatic carbocycles. The van der Waals surface area contributed by atoms with Crippen molar-refractivity contribution < 1.29 is 28.6 Å². The number of rotatable bonds is 66. The van der Waals surface area contributed by atoms with E-state index in [4.69, 9.17) is 14.2 Å². The van der Waals surface area contributed by atoms with Crippen LogP contribution in [0.15, 0.2) is 60.8 Å². The Balaban J connectivity index is 4.03. The fourth-order valence-corrected chi connectivity index (χ4v) is 10.7. The molecule has 0 saturated carbocycles. The molecule has 81 heavy (non-hydrogen) atoms. The summed E-state index contributed by atoms with van der Waals surface area (Å²) in [4.78, 5) is 38.2. The second kappa shape index (κ2) is 69.6. The molecule has 0 fully saturated rings. The van der Waals surface area contributed by atoms with Crippen molar-refractivity contribution in [3.05, 3.63) is 60.8 Å². The van der Waals surface area contributed by atoms with Gasteiger partial charge in [0.15, 0.2) is 6.10 Å². The SMILES string of the molecule is CC/C=C\C/C=C\C/C=C\C/C=C\C/C=C\CCCCCCCCCCCCCCCC(=O)OCC(COC(=O)CCCCCCCCC)OC(=O)CCCCCCCCCCCCCCCCCCCCCCCCCCCCC. The van der Waals surface area contributed by atoms with Crippen LogP contribution >= 0.6 is 0 Å². The zero-order chi connectivity index (χ0) is 58.5. The largest absolute Gasteiger partial charge is 0.462 e. The van der Waals surface area contributed by atoms with Gasteiger partial charge in [-0.2, -0.15) is 0 Å². The van der Waals surface area contributed by atoms with E-state index >= 15 is 0 Å². The molecule has 0 spiro atoms. The number of esters is 3. The molecule has 0 heterocycles. The van der Waals surface area contributed by atoms with Gasteiger partial charge in [-0.25, -0.2) is 0 Å². The van der Waals surface area contributed by atoms with Gasteiger partial charge in [0.25, 0.3) is 0 Å². The number of hydrogen-bond acceptors (Lipinski definition) is 6. The summed E-state index contributed by atoms with van der Waals surface area (Å²) in [7, 11) is 0. The molecule has 0 radical (unpaired) electrons. The van der Waals surface area contributed by atoms with Crippen molar-refractivity contribution >= 4 is 17.9 Å². The van der Waals surface area contributed by atoms with Crippen LogP contribution in [0.1, 0.15) is 380 Å². The van der Waals surface area contributed by atoms with Gasteiger partial charge in [-0.05, 0) is 64.2 Å². The molecule has 0 N–H and O–H groups in total. The predicted molar refractivity (Wildman–Crippen MR) is 353 cm³/mol. The second-order valence-corrected chi connectivity index (χ2v) is 24.1. The molecule has 1 unspecified atom stereocenters. The Morgan fingerprint density at radius 3 is 0.753 bits per heavy atom. The van der Waals surface area contributed by atoms with Crippen LogP contribution in [0.5, 0.6) is 0 Å². The van der Waals surface area contributed by atoms with Crippen molar-refractivity contribution in [2.24, 2.45) is 0 Å². The van der Waals surface area contributed by atoms with E-state index in [9.17, 15) is 14.4 Å². The van der Waals surface area contributed by atoms with Crippen LogP contribution in [0.3, 0.4) is 0 Å². The van der Waals surface area contributed by atoms with Crippen LogP contribution in [-0.4, -0.2) is 37.2 Å². The highest BCUT2D eigenvalue weighted by molar-refractivity contribution is 5.71. The normalized spacial score (nSPS) is 12.4. The third kappa shape index (κ3) is 67.8. The summed E-state index contributed by atoms with van der Waals surface area (Å²) >= 11 is 0. The molecule has 0 saturated heterocycles. The van der Waals surface area contributed by atoms with Gasteiger partial charge in [0, 0.05) is 19.3 Å². The van der Waals surface area contributed by atoms with E-state index in [-0.39, 0.29) is 31.1 Å². The molecule has 0 bridgehead atoms. The summed E-state index contributed by atoms with van der Waals surface area (Å²) in [6, 6.07) is 0. The van der Waals surface area contributed by atoms with Gasteiger partial charge in [0.1, 0.15) is 13.2 Å². The molecule has 0 aliphatic rings. The Hall–Kier alpha value is -2.89. The average Bonchev–Trinajstić information content (AvgIpc) is 3.47. The monoisotopic (exact) mass is 1130 g/mol. The van der Waals surface area contributed by atoms with E-state index < -0.39 is 6.10 Å². The van der Waals surface area contributed by atoms with Gasteiger partial charge in [0.05, 0.1) is 0 Å². The third-order valence-electron chi connectivity index (χ3n) is 16.0. The molecule has 6 heteroatoms. The molecule has 0 amide bonds. The van der Waals surface area contributed by atoms with Crippen LogP contribution in [0.2, 0.25) is 0 Å². The van der Waals surface area contributed by atoms with Crippen molar-refractivity contribution in [1.82, 2.24) is 0 Å². The predicted octanol–water partition coefficient (Wildman–Crippen LogP) is 24.7. The van der Waals surface area contributed by atoms with Gasteiger partial charge >= 0.3 is 17.9 Å². The summed E-state index contributed by atoms with van der Waals surface area (Å²) in [5.41, 5.74) is 0. The molecule has 0 rings (SSSR count). The van der Waals surface area contributed by atoms with Crippen LogP contribution in [0.4, 0.5) is 0 Å². The zero-order valence-electron chi connectivity index (χ0n) is 54.3. The van der Waals surface area contributed by atoms with Crippen LogP contribution < -0.4 is 0 Å². The maximum Gasteiger partial charge on any atom is 0.306 e. The molecule has 0 aromatic heterocycles. The molecule has 0 aromatic carbocycles. The first-order valence-electron chi connectivity index (χ1n) is 35.8. The highest BCUT2D eigenvalue weighted by Crippen LogP contribution is 2.19. The van der Waals surface area contributed by atoms with E-state index in [0.717, 1.165) is 89.9 Å². The maximum atomic E-state index is 12.9. The lowest BCUT2D eigenvalue weighted by atomic mass is 10.0. The first kappa shape index (κ1) is 78.1. The topological polar surface area (TPSA) is 78.9 Å². The molecular formula is C75H136O6. The molecule has 6 nitrogen and oxygen atoms in total. The van der Waals surface area contributed by atoms with Gasteiger partial charge in [-0.15, -0.1) is 0 Å². The number of carbonyl (C=O) groups is 3. The van der Waals surface area contributed by atoms with Crippen molar-refractivity contribution in [2.75, 3.05) is 13.2 Å². The van der Waals surface area contributed by atoms with E-state index in [1.807, 2.05) is 0 Å². The van der Waals surface area contributed by atoms with Gasteiger partial charge in [-0.3, -0.25) is 14.4 Å². The quantitative estimate of drug-likeness (QED) is 0.0261. The lowest BCUT2D eigenvalue weighted by molar-refractivity contribution is -0.167. The van der Waals surface area contributed by atoms with Crippen molar-refractivity contribution in [1.29, 1.82) is 0 Å². The van der Waals surface area contributed by atoms with Crippen molar-refractivity contribution in [3.8, 4) is 0 Å². The Morgan fingerprint density at radius 2 is 0.481 bits per heavy atom. The van der Waals surface area contributed by atoms with Gasteiger partial charge in [-0.1, -0.05) is 358 Å². The van der Waals surface area contributed by atoms with E-state index in [1.54, 1.807) is 0 Å². The lowest BCUT2D eigenvalue weighted by Gasteiger charge is -2.18. The summed E-state index contributed by atoms with van der Waals surface area (Å²) in [6.07, 6.45) is 90.0. The fourth-order valence-electron chi connectivity index (χ4n) is 10.7. The Kier molecular flexibility index (Phi) is 67.1. The Morgan fingerprint density at radius 1 is 0.259 bits per heavy atom. The number of allylic oxidation sites excluding steroid dienone is 10. The highest BCUT2D eigenvalue weighted by atomic mass is 16.6. The number of ether oxygens (including phenoxy) is 3. The highest BCUT2D eigenvalue weighted by Gasteiger charge is 2.19. The molecule has 0 aliphatic heterocycles. The summed E-state index contributed by atoms with van der Waals surface area (Å²) < 4.78 is 16.9. The minimum absolute atomic E-state index is 0.0691. The van der Waals surface area contributed by atoms with Gasteiger partial charge < -0.3 is 14.2 Å². The standard InChI is InChI=1S/C75H136O6/c1-4-7-10-13-16-18-20-22-24-26-28-30-32-34-36-37-39-40-42-44-46-48-50-52-54-56-59-62-65-68-74(77)80-71-72(70-79-73(76)67-64-61-58-15-12-9-6-3)81-75(78)69-66-63-60-57-55-53-51-49-47-45-43-41-38-35-33-31-29-27-25-23-21-19-17-14-11-8-5-2/h7,10,16,18,22,24,28,30,34,36,72H,4-6,8-9,11-15,17,19-21,23,25-27,29,31-33,35,37-71H2,1-3H3/b10-7-,18-16-,24-22-,30-28-,36-34-. The summed E-state index contributed by atoms with van der Waals surface area (Å²) in [5.74, 6) is -0.853. The molecule has 0 aromatic rings. The first-order valence-corrected chi connectivity index (χ1v) is 35.8. The van der Waals surface area contributed by atoms with E-state index in [1.165, 1.54) is 250 Å². The van der Waals surface area contributed by atoms with E-state index in [2.05, 4.69) is 81.5 Å². The van der Waals surface area contributed by atoms with E-state index in [0.29, 0.717) is 19.3 Å². The number of hydrogen-bond donors (Lipinski definition) is 0. The summed E-state index contributed by atoms with van der Waals surface area (Å²) in [5, 5.41) is 0. The molecular weight excluding hydrogens is 997 g/mol. The lowest BCUT2D eigenvalue weighted by Crippen LogP contribution is -2.30.